The topological polar surface area (TPSA) is 108 Å². The van der Waals surface area contributed by atoms with E-state index in [0.29, 0.717) is 23.9 Å². The number of rotatable bonds is 63. The van der Waals surface area contributed by atoms with Gasteiger partial charge in [-0.3, -0.25) is 18.6 Å². The van der Waals surface area contributed by atoms with Gasteiger partial charge in [0.1, 0.15) is 19.8 Å². The van der Waals surface area contributed by atoms with E-state index in [4.69, 9.17) is 18.5 Å². The minimum absolute atomic E-state index is 0.0137. The molecule has 0 aromatic heterocycles. The molecule has 0 aliphatic rings. The van der Waals surface area contributed by atoms with Crippen LogP contribution in [0.2, 0.25) is 0 Å². The molecule has 0 saturated carbocycles. The predicted molar refractivity (Wildman–Crippen MR) is 380 cm³/mol. The Bertz CT molecular complexity index is 2040. The number of ether oxygens (including phenoxy) is 2. The summed E-state index contributed by atoms with van der Waals surface area (Å²) >= 11 is 0. The van der Waals surface area contributed by atoms with Crippen molar-refractivity contribution in [1.82, 2.24) is 0 Å². The van der Waals surface area contributed by atoms with Crippen LogP contribution < -0.4 is 0 Å². The van der Waals surface area contributed by atoms with Crippen molar-refractivity contribution in [2.24, 2.45) is 0 Å². The Hall–Kier alpha value is -4.37. The highest BCUT2D eigenvalue weighted by atomic mass is 31.2. The highest BCUT2D eigenvalue weighted by Crippen LogP contribution is 2.43. The number of hydrogen-bond donors (Lipinski definition) is 1. The molecule has 2 unspecified atom stereocenters. The molecule has 9 nitrogen and oxygen atoms in total. The first-order chi connectivity index (χ1) is 43.0. The average molecular weight is 1240 g/mol. The zero-order valence-corrected chi connectivity index (χ0v) is 57.8. The van der Waals surface area contributed by atoms with Gasteiger partial charge in [-0.25, -0.2) is 4.57 Å². The molecule has 0 saturated heterocycles. The second kappa shape index (κ2) is 67.0. The van der Waals surface area contributed by atoms with Crippen molar-refractivity contribution in [3.63, 3.8) is 0 Å². The van der Waals surface area contributed by atoms with Gasteiger partial charge >= 0.3 is 19.8 Å². The second-order valence-electron chi connectivity index (χ2n) is 24.2. The number of nitrogens with zero attached hydrogens (tertiary/aromatic N) is 1. The van der Waals surface area contributed by atoms with Gasteiger partial charge in [0.25, 0.3) is 0 Å². The lowest BCUT2D eigenvalue weighted by Crippen LogP contribution is -2.37. The number of carbonyl (C=O) groups is 2. The third-order valence-electron chi connectivity index (χ3n) is 14.6. The summed E-state index contributed by atoms with van der Waals surface area (Å²) in [7, 11) is 1.43. The summed E-state index contributed by atoms with van der Waals surface area (Å²) in [6.07, 6.45) is 101. The van der Waals surface area contributed by atoms with Gasteiger partial charge in [0.2, 0.25) is 0 Å². The molecule has 2 atom stereocenters. The molecule has 0 aromatic rings. The Labute approximate surface area is 541 Å². The predicted octanol–water partition coefficient (Wildman–Crippen LogP) is 23.2. The maximum absolute atomic E-state index is 12.8. The summed E-state index contributed by atoms with van der Waals surface area (Å²) in [6, 6.07) is 0. The molecular weight excluding hydrogens is 1110 g/mol. The molecule has 0 radical (unpaired) electrons. The molecule has 0 rings (SSSR count). The Morgan fingerprint density at radius 1 is 0.352 bits per heavy atom. The van der Waals surface area contributed by atoms with Crippen molar-refractivity contribution in [3.05, 3.63) is 158 Å². The van der Waals surface area contributed by atoms with Crippen molar-refractivity contribution < 1.29 is 42.1 Å². The summed E-state index contributed by atoms with van der Waals surface area (Å²) in [5.41, 5.74) is 0. The summed E-state index contributed by atoms with van der Waals surface area (Å²) in [4.78, 5) is 35.8. The van der Waals surface area contributed by atoms with Crippen LogP contribution in [-0.2, 0) is 32.7 Å². The standard InChI is InChI=1S/C78H130NO8P/c1-6-8-10-12-14-16-18-20-22-24-26-28-30-32-34-36-37-38-39-40-41-43-44-46-48-50-52-54-56-58-60-62-64-66-68-70-77(80)84-74-76(75-86-88(82,83)85-73-72-79(3,4)5)87-78(81)71-69-67-65-63-61-59-57-55-53-51-49-47-45-42-35-33-31-29-27-25-23-21-19-17-15-13-11-9-7-2/h8-11,14-17,20-23,26-29,33,35,45,47,51,53,57,59,63,65,76H,6-7,12-13,18-19,24-25,30-32,34,36-44,46,48-50,52,54-56,58,60-62,64,66-75H2,1-5H3/p+1/b10-8-,11-9-,16-14-,17-15-,22-20-,23-21-,28-26-,29-27-,35-33-,47-45-,53-51-,59-57-,65-63-. The van der Waals surface area contributed by atoms with E-state index < -0.39 is 26.5 Å². The Morgan fingerprint density at radius 3 is 0.943 bits per heavy atom. The lowest BCUT2D eigenvalue weighted by molar-refractivity contribution is -0.870. The number of likely N-dealkylation sites (N-methyl/N-ethyl adjacent to an activating group) is 1. The number of esters is 2. The van der Waals surface area contributed by atoms with Crippen molar-refractivity contribution in [1.29, 1.82) is 0 Å². The summed E-state index contributed by atoms with van der Waals surface area (Å²) in [6.45, 7) is 4.14. The van der Waals surface area contributed by atoms with Crippen LogP contribution >= 0.6 is 7.82 Å². The number of allylic oxidation sites excluding steroid dienone is 26. The number of phosphoric ester groups is 1. The van der Waals surface area contributed by atoms with Crippen molar-refractivity contribution in [2.75, 3.05) is 47.5 Å². The number of hydrogen-bond acceptors (Lipinski definition) is 7. The Balaban J connectivity index is 4.13. The van der Waals surface area contributed by atoms with E-state index in [9.17, 15) is 19.0 Å². The molecular formula is C78H131NO8P+. The fourth-order valence-corrected chi connectivity index (χ4v) is 9.99. The summed E-state index contributed by atoms with van der Waals surface area (Å²) < 4.78 is 34.6. The SMILES string of the molecule is CC/C=C\C/C=C\C/C=C\C/C=C\C/C=C\C/C=C\C/C=C\C/C=C\C/C=C\CCCC(=O)OC(COC(=O)CCCCCCCCCCCCCCCCCCCCCCCC/C=C\C/C=C\C/C=C\C/C=C\CC)COP(=O)(O)OCC[N+](C)(C)C. The average Bonchev–Trinajstić information content (AvgIpc) is 3.68. The van der Waals surface area contributed by atoms with Crippen LogP contribution in [0.4, 0.5) is 0 Å². The first-order valence-corrected chi connectivity index (χ1v) is 36.7. The van der Waals surface area contributed by atoms with Crippen molar-refractivity contribution in [3.8, 4) is 0 Å². The van der Waals surface area contributed by atoms with Gasteiger partial charge in [-0.2, -0.15) is 0 Å². The fourth-order valence-electron chi connectivity index (χ4n) is 9.25. The van der Waals surface area contributed by atoms with Crippen LogP contribution in [0.25, 0.3) is 0 Å². The van der Waals surface area contributed by atoms with E-state index in [1.165, 1.54) is 128 Å². The maximum Gasteiger partial charge on any atom is 0.472 e. The van der Waals surface area contributed by atoms with Gasteiger partial charge in [-0.1, -0.05) is 300 Å². The quantitative estimate of drug-likeness (QED) is 0.0211. The number of quaternary nitrogens is 1. The fraction of sp³-hybridized carbons (Fsp3) is 0.641. The van der Waals surface area contributed by atoms with Gasteiger partial charge in [-0.15, -0.1) is 0 Å². The van der Waals surface area contributed by atoms with Crippen LogP contribution in [0.3, 0.4) is 0 Å². The van der Waals surface area contributed by atoms with Gasteiger partial charge in [0.05, 0.1) is 27.7 Å². The molecule has 0 amide bonds. The molecule has 0 aromatic carbocycles. The van der Waals surface area contributed by atoms with E-state index in [2.05, 4.69) is 172 Å². The van der Waals surface area contributed by atoms with E-state index in [-0.39, 0.29) is 32.0 Å². The number of phosphoric acid groups is 1. The second-order valence-corrected chi connectivity index (χ2v) is 25.6. The first-order valence-electron chi connectivity index (χ1n) is 35.2. The van der Waals surface area contributed by atoms with Crippen molar-refractivity contribution >= 4 is 19.8 Å². The molecule has 500 valence electrons. The van der Waals surface area contributed by atoms with E-state index >= 15 is 0 Å². The molecule has 0 bridgehead atoms. The monoisotopic (exact) mass is 1240 g/mol. The molecule has 0 spiro atoms. The smallest absolute Gasteiger partial charge is 0.462 e. The molecule has 10 heteroatoms. The Morgan fingerprint density at radius 2 is 0.625 bits per heavy atom. The Kier molecular flexibility index (Phi) is 63.7. The van der Waals surface area contributed by atoms with Crippen LogP contribution in [0.1, 0.15) is 271 Å². The lowest BCUT2D eigenvalue weighted by Gasteiger charge is -2.24. The van der Waals surface area contributed by atoms with Crippen LogP contribution in [0, 0.1) is 0 Å². The normalized spacial score (nSPS) is 14.1. The zero-order valence-electron chi connectivity index (χ0n) is 56.9. The molecule has 0 fully saturated rings. The van der Waals surface area contributed by atoms with Crippen LogP contribution in [0.5, 0.6) is 0 Å². The maximum atomic E-state index is 12.8. The third-order valence-corrected chi connectivity index (χ3v) is 15.5. The highest BCUT2D eigenvalue weighted by Gasteiger charge is 2.27. The summed E-state index contributed by atoms with van der Waals surface area (Å²) in [5.74, 6) is -0.870. The van der Waals surface area contributed by atoms with Gasteiger partial charge < -0.3 is 18.9 Å². The van der Waals surface area contributed by atoms with E-state index in [1.807, 2.05) is 21.1 Å². The number of unbranched alkanes of at least 4 members (excludes halogenated alkanes) is 23. The highest BCUT2D eigenvalue weighted by molar-refractivity contribution is 7.47. The first kappa shape index (κ1) is 83.6. The van der Waals surface area contributed by atoms with Crippen molar-refractivity contribution in [2.45, 2.75) is 277 Å². The molecule has 88 heavy (non-hydrogen) atoms. The zero-order chi connectivity index (χ0) is 64.1. The number of carbonyl (C=O) groups excluding carboxylic acids is 2. The largest absolute Gasteiger partial charge is 0.472 e. The van der Waals surface area contributed by atoms with Gasteiger partial charge in [0.15, 0.2) is 6.10 Å². The molecule has 1 N–H and O–H groups in total. The van der Waals surface area contributed by atoms with Gasteiger partial charge in [0, 0.05) is 12.8 Å². The van der Waals surface area contributed by atoms with Gasteiger partial charge in [-0.05, 0) is 116 Å². The summed E-state index contributed by atoms with van der Waals surface area (Å²) in [5, 5.41) is 0. The molecule has 0 aliphatic heterocycles. The molecule has 0 aliphatic carbocycles. The van der Waals surface area contributed by atoms with Crippen LogP contribution in [0.15, 0.2) is 158 Å². The molecule has 0 heterocycles. The minimum atomic E-state index is -4.42. The minimum Gasteiger partial charge on any atom is -0.462 e. The van der Waals surface area contributed by atoms with E-state index in [0.717, 1.165) is 103 Å². The van der Waals surface area contributed by atoms with Crippen LogP contribution in [-0.4, -0.2) is 74.9 Å². The lowest BCUT2D eigenvalue weighted by atomic mass is 10.0. The van der Waals surface area contributed by atoms with E-state index in [1.54, 1.807) is 0 Å². The third kappa shape index (κ3) is 70.7.